The number of hydrogen-bond donors (Lipinski definition) is 3. The fourth-order valence-corrected chi connectivity index (χ4v) is 2.05. The van der Waals surface area contributed by atoms with Crippen LogP contribution in [0.4, 0.5) is 11.4 Å². The van der Waals surface area contributed by atoms with Gasteiger partial charge in [-0.15, -0.1) is 0 Å². The molecule has 7 nitrogen and oxygen atoms in total. The SMILES string of the molecule is CCCNC(=O)CN(CC)CC(=O)Nc1ccc(NC(C)=O)cc1. The number of anilines is 2. The van der Waals surface area contributed by atoms with Crippen molar-refractivity contribution in [2.75, 3.05) is 36.8 Å². The second-order valence-corrected chi connectivity index (χ2v) is 5.46. The number of hydrogen-bond acceptors (Lipinski definition) is 4. The first-order valence-corrected chi connectivity index (χ1v) is 8.11. The zero-order chi connectivity index (χ0) is 17.9. The summed E-state index contributed by atoms with van der Waals surface area (Å²) in [5, 5.41) is 8.23. The van der Waals surface area contributed by atoms with Crippen molar-refractivity contribution in [3.05, 3.63) is 24.3 Å². The molecule has 132 valence electrons. The highest BCUT2D eigenvalue weighted by atomic mass is 16.2. The summed E-state index contributed by atoms with van der Waals surface area (Å²) in [5.74, 6) is -0.412. The van der Waals surface area contributed by atoms with E-state index in [0.29, 0.717) is 24.5 Å². The van der Waals surface area contributed by atoms with Crippen LogP contribution < -0.4 is 16.0 Å². The molecule has 3 amide bonds. The largest absolute Gasteiger partial charge is 0.355 e. The lowest BCUT2D eigenvalue weighted by Crippen LogP contribution is -2.41. The molecule has 1 aromatic rings. The molecule has 0 spiro atoms. The van der Waals surface area contributed by atoms with Crippen LogP contribution in [0.15, 0.2) is 24.3 Å². The van der Waals surface area contributed by atoms with Gasteiger partial charge < -0.3 is 16.0 Å². The molecule has 7 heteroatoms. The average Bonchev–Trinajstić information content (AvgIpc) is 2.53. The fraction of sp³-hybridized carbons (Fsp3) is 0.471. The number of rotatable bonds is 9. The normalized spacial score (nSPS) is 10.3. The molecule has 0 unspecified atom stereocenters. The van der Waals surface area contributed by atoms with Crippen LogP contribution in [-0.2, 0) is 14.4 Å². The Balaban J connectivity index is 2.48. The summed E-state index contributed by atoms with van der Waals surface area (Å²) < 4.78 is 0. The molecule has 0 aromatic heterocycles. The minimum Gasteiger partial charge on any atom is -0.355 e. The Morgan fingerprint density at radius 2 is 1.46 bits per heavy atom. The van der Waals surface area contributed by atoms with Crippen LogP contribution in [0.25, 0.3) is 0 Å². The van der Waals surface area contributed by atoms with Crippen LogP contribution in [0.1, 0.15) is 27.2 Å². The molecule has 0 bridgehead atoms. The van der Waals surface area contributed by atoms with E-state index < -0.39 is 0 Å². The molecule has 0 aliphatic rings. The van der Waals surface area contributed by atoms with E-state index in [4.69, 9.17) is 0 Å². The van der Waals surface area contributed by atoms with Gasteiger partial charge >= 0.3 is 0 Å². The first-order chi connectivity index (χ1) is 11.4. The first kappa shape index (κ1) is 19.6. The van der Waals surface area contributed by atoms with Crippen LogP contribution in [0.2, 0.25) is 0 Å². The molecular weight excluding hydrogens is 308 g/mol. The Bertz CT molecular complexity index is 557. The summed E-state index contributed by atoms with van der Waals surface area (Å²) in [6, 6.07) is 6.86. The third-order valence-corrected chi connectivity index (χ3v) is 3.24. The van der Waals surface area contributed by atoms with Crippen molar-refractivity contribution in [2.45, 2.75) is 27.2 Å². The number of carbonyl (C=O) groups excluding carboxylic acids is 3. The van der Waals surface area contributed by atoms with Crippen LogP contribution >= 0.6 is 0 Å². The monoisotopic (exact) mass is 334 g/mol. The van der Waals surface area contributed by atoms with E-state index in [2.05, 4.69) is 16.0 Å². The maximum absolute atomic E-state index is 12.1. The Hall–Kier alpha value is -2.41. The Morgan fingerprint density at radius 1 is 0.917 bits per heavy atom. The summed E-state index contributed by atoms with van der Waals surface area (Å²) in [4.78, 5) is 36.5. The number of benzene rings is 1. The summed E-state index contributed by atoms with van der Waals surface area (Å²) in [6.45, 7) is 6.92. The van der Waals surface area contributed by atoms with Crippen LogP contribution in [0.5, 0.6) is 0 Å². The standard InChI is InChI=1S/C17H26N4O3/c1-4-10-18-16(23)11-21(5-2)12-17(24)20-15-8-6-14(7-9-15)19-13(3)22/h6-9H,4-5,10-12H2,1-3H3,(H,18,23)(H,19,22)(H,20,24). The van der Waals surface area contributed by atoms with Gasteiger partial charge in [-0.3, -0.25) is 19.3 Å². The van der Waals surface area contributed by atoms with Crippen molar-refractivity contribution in [3.63, 3.8) is 0 Å². The number of nitrogens with zero attached hydrogens (tertiary/aromatic N) is 1. The van der Waals surface area contributed by atoms with Crippen molar-refractivity contribution in [2.24, 2.45) is 0 Å². The van der Waals surface area contributed by atoms with Crippen LogP contribution in [0, 0.1) is 0 Å². The molecule has 0 radical (unpaired) electrons. The lowest BCUT2D eigenvalue weighted by atomic mass is 10.2. The molecule has 0 saturated heterocycles. The summed E-state index contributed by atoms with van der Waals surface area (Å²) in [5.41, 5.74) is 1.31. The molecule has 0 fully saturated rings. The molecule has 3 N–H and O–H groups in total. The minimum atomic E-state index is -0.188. The molecule has 0 aliphatic heterocycles. The quantitative estimate of drug-likeness (QED) is 0.637. The van der Waals surface area contributed by atoms with Gasteiger partial charge in [-0.05, 0) is 37.2 Å². The lowest BCUT2D eigenvalue weighted by Gasteiger charge is -2.19. The van der Waals surface area contributed by atoms with Gasteiger partial charge in [0.2, 0.25) is 17.7 Å². The molecule has 24 heavy (non-hydrogen) atoms. The maximum atomic E-state index is 12.1. The van der Waals surface area contributed by atoms with Crippen LogP contribution in [0.3, 0.4) is 0 Å². The first-order valence-electron chi connectivity index (χ1n) is 8.11. The van der Waals surface area contributed by atoms with E-state index in [-0.39, 0.29) is 30.8 Å². The van der Waals surface area contributed by atoms with Crippen molar-refractivity contribution in [3.8, 4) is 0 Å². The maximum Gasteiger partial charge on any atom is 0.238 e. The smallest absolute Gasteiger partial charge is 0.238 e. The molecule has 1 aromatic carbocycles. The van der Waals surface area contributed by atoms with Gasteiger partial charge in [-0.25, -0.2) is 0 Å². The molecule has 0 atom stereocenters. The molecule has 0 aliphatic carbocycles. The predicted octanol–water partition coefficient (Wildman–Crippen LogP) is 1.43. The van der Waals surface area contributed by atoms with E-state index >= 15 is 0 Å². The zero-order valence-electron chi connectivity index (χ0n) is 14.5. The van der Waals surface area contributed by atoms with Crippen molar-refractivity contribution in [1.29, 1.82) is 0 Å². The number of nitrogens with one attached hydrogen (secondary N) is 3. The van der Waals surface area contributed by atoms with Gasteiger partial charge in [0.05, 0.1) is 13.1 Å². The topological polar surface area (TPSA) is 90.5 Å². The van der Waals surface area contributed by atoms with E-state index in [1.165, 1.54) is 6.92 Å². The van der Waals surface area contributed by atoms with Gasteiger partial charge in [-0.1, -0.05) is 13.8 Å². The molecule has 0 heterocycles. The van der Waals surface area contributed by atoms with E-state index in [1.54, 1.807) is 29.2 Å². The molecule has 1 rings (SSSR count). The predicted molar refractivity (Wildman–Crippen MR) is 94.8 cm³/mol. The van der Waals surface area contributed by atoms with Crippen molar-refractivity contribution in [1.82, 2.24) is 10.2 Å². The van der Waals surface area contributed by atoms with Gasteiger partial charge in [0, 0.05) is 24.8 Å². The number of likely N-dealkylation sites (N-methyl/N-ethyl adjacent to an activating group) is 1. The Labute approximate surface area is 142 Å². The summed E-state index contributed by atoms with van der Waals surface area (Å²) in [6.07, 6.45) is 0.882. The third kappa shape index (κ3) is 7.73. The van der Waals surface area contributed by atoms with E-state index in [0.717, 1.165) is 6.42 Å². The zero-order valence-corrected chi connectivity index (χ0v) is 14.5. The Morgan fingerprint density at radius 3 is 1.96 bits per heavy atom. The van der Waals surface area contributed by atoms with Gasteiger partial charge in [0.1, 0.15) is 0 Å². The highest BCUT2D eigenvalue weighted by molar-refractivity contribution is 5.93. The summed E-state index contributed by atoms with van der Waals surface area (Å²) >= 11 is 0. The van der Waals surface area contributed by atoms with Crippen LogP contribution in [-0.4, -0.2) is 48.8 Å². The number of carbonyl (C=O) groups is 3. The molecular formula is C17H26N4O3. The fourth-order valence-electron chi connectivity index (χ4n) is 2.05. The second-order valence-electron chi connectivity index (χ2n) is 5.46. The summed E-state index contributed by atoms with van der Waals surface area (Å²) in [7, 11) is 0. The highest BCUT2D eigenvalue weighted by Crippen LogP contribution is 2.13. The average molecular weight is 334 g/mol. The van der Waals surface area contributed by atoms with E-state index in [1.807, 2.05) is 13.8 Å². The minimum absolute atomic E-state index is 0.0776. The Kier molecular flexibility index (Phi) is 8.49. The van der Waals surface area contributed by atoms with Crippen molar-refractivity contribution < 1.29 is 14.4 Å². The molecule has 0 saturated carbocycles. The van der Waals surface area contributed by atoms with Crippen molar-refractivity contribution >= 4 is 29.1 Å². The second kappa shape index (κ2) is 10.4. The van der Waals surface area contributed by atoms with E-state index in [9.17, 15) is 14.4 Å². The van der Waals surface area contributed by atoms with Gasteiger partial charge in [-0.2, -0.15) is 0 Å². The van der Waals surface area contributed by atoms with Gasteiger partial charge in [0.25, 0.3) is 0 Å². The lowest BCUT2D eigenvalue weighted by molar-refractivity contribution is -0.123. The third-order valence-electron chi connectivity index (χ3n) is 3.24. The van der Waals surface area contributed by atoms with Gasteiger partial charge in [0.15, 0.2) is 0 Å². The highest BCUT2D eigenvalue weighted by Gasteiger charge is 2.13. The number of amides is 3.